The molecule has 3 aliphatic rings. The van der Waals surface area contributed by atoms with Crippen LogP contribution in [-0.4, -0.2) is 69.5 Å². The average molecular weight is 636 g/mol. The molecule has 3 saturated heterocycles. The number of halogens is 1. The Morgan fingerprint density at radius 3 is 2.41 bits per heavy atom. The van der Waals surface area contributed by atoms with Crippen LogP contribution in [-0.2, 0) is 14.4 Å². The van der Waals surface area contributed by atoms with Gasteiger partial charge in [-0.3, -0.25) is 14.4 Å². The van der Waals surface area contributed by atoms with E-state index in [0.717, 1.165) is 17.7 Å². The number of amides is 3. The van der Waals surface area contributed by atoms with Crippen LogP contribution in [0, 0.1) is 24.7 Å². The SMILES string of the molecule is C=CCN(C(=O)[C@@H]1[C@@H]2CCC3(S2)C(C(=O)N(CC=C)c2c(C)cccc2Cl)N([C@@H](CO)[C@@H](C)CC)C(=O)[C@H]13)c1ccccc1. The number of hydrogen-bond acceptors (Lipinski definition) is 5. The maximum atomic E-state index is 15.0. The van der Waals surface area contributed by atoms with Gasteiger partial charge in [-0.05, 0) is 49.4 Å². The van der Waals surface area contributed by atoms with E-state index in [1.807, 2.05) is 63.2 Å². The number of para-hydroxylation sites is 2. The highest BCUT2D eigenvalue weighted by Crippen LogP contribution is 2.67. The van der Waals surface area contributed by atoms with Crippen molar-refractivity contribution in [2.75, 3.05) is 29.5 Å². The highest BCUT2D eigenvalue weighted by atomic mass is 35.5. The number of likely N-dealkylation sites (tertiary alicyclic amines) is 1. The molecule has 9 heteroatoms. The molecule has 0 saturated carbocycles. The van der Waals surface area contributed by atoms with Crippen molar-refractivity contribution >= 4 is 52.5 Å². The molecule has 1 N–H and O–H groups in total. The second kappa shape index (κ2) is 13.1. The maximum Gasteiger partial charge on any atom is 0.251 e. The van der Waals surface area contributed by atoms with Crippen molar-refractivity contribution in [3.8, 4) is 0 Å². The minimum atomic E-state index is -0.876. The van der Waals surface area contributed by atoms with Crippen LogP contribution in [0.1, 0.15) is 38.7 Å². The molecular formula is C35H42ClN3O4S. The van der Waals surface area contributed by atoms with Gasteiger partial charge in [-0.1, -0.05) is 74.4 Å². The fraction of sp³-hybridized carbons (Fsp3) is 0.457. The summed E-state index contributed by atoms with van der Waals surface area (Å²) in [5.74, 6) is -1.98. The van der Waals surface area contributed by atoms with E-state index in [9.17, 15) is 14.7 Å². The molecule has 3 amide bonds. The van der Waals surface area contributed by atoms with Crippen molar-refractivity contribution in [1.82, 2.24) is 4.90 Å². The first kappa shape index (κ1) is 32.3. The third-order valence-corrected chi connectivity index (χ3v) is 12.0. The lowest BCUT2D eigenvalue weighted by Crippen LogP contribution is -2.59. The zero-order valence-corrected chi connectivity index (χ0v) is 27.3. The largest absolute Gasteiger partial charge is 0.394 e. The van der Waals surface area contributed by atoms with Crippen LogP contribution in [0.25, 0.3) is 0 Å². The molecule has 3 fully saturated rings. The summed E-state index contributed by atoms with van der Waals surface area (Å²) >= 11 is 8.33. The zero-order chi connectivity index (χ0) is 31.8. The monoisotopic (exact) mass is 635 g/mol. The number of hydrogen-bond donors (Lipinski definition) is 1. The molecule has 44 heavy (non-hydrogen) atoms. The normalized spacial score (nSPS) is 26.7. The summed E-state index contributed by atoms with van der Waals surface area (Å²) in [4.78, 5) is 49.3. The van der Waals surface area contributed by atoms with E-state index < -0.39 is 28.7 Å². The second-order valence-corrected chi connectivity index (χ2v) is 14.2. The van der Waals surface area contributed by atoms with Gasteiger partial charge in [0.1, 0.15) is 6.04 Å². The van der Waals surface area contributed by atoms with Crippen molar-refractivity contribution in [2.24, 2.45) is 17.8 Å². The Morgan fingerprint density at radius 2 is 1.80 bits per heavy atom. The van der Waals surface area contributed by atoms with Gasteiger partial charge in [0.2, 0.25) is 11.8 Å². The van der Waals surface area contributed by atoms with Crippen LogP contribution in [0.5, 0.6) is 0 Å². The van der Waals surface area contributed by atoms with Crippen molar-refractivity contribution in [2.45, 2.75) is 62.1 Å². The van der Waals surface area contributed by atoms with Gasteiger partial charge in [0, 0.05) is 24.0 Å². The highest BCUT2D eigenvalue weighted by molar-refractivity contribution is 8.02. The van der Waals surface area contributed by atoms with E-state index in [2.05, 4.69) is 13.2 Å². The molecule has 2 bridgehead atoms. The molecule has 1 spiro atoms. The molecule has 5 rings (SSSR count). The lowest BCUT2D eigenvalue weighted by atomic mass is 9.70. The first-order chi connectivity index (χ1) is 21.2. The van der Waals surface area contributed by atoms with Crippen LogP contribution in [0.2, 0.25) is 5.02 Å². The number of carbonyl (C=O) groups excluding carboxylic acids is 3. The number of nitrogens with zero attached hydrogens (tertiary/aromatic N) is 3. The number of anilines is 2. The Kier molecular flexibility index (Phi) is 9.64. The maximum absolute atomic E-state index is 15.0. The summed E-state index contributed by atoms with van der Waals surface area (Å²) in [5.41, 5.74) is 2.16. The lowest BCUT2D eigenvalue weighted by Gasteiger charge is -2.41. The topological polar surface area (TPSA) is 81.2 Å². The smallest absolute Gasteiger partial charge is 0.251 e. The molecule has 234 valence electrons. The molecule has 0 aliphatic carbocycles. The first-order valence-corrected chi connectivity index (χ1v) is 16.7. The van der Waals surface area contributed by atoms with Gasteiger partial charge in [-0.2, -0.15) is 0 Å². The molecule has 2 unspecified atom stereocenters. The fourth-order valence-corrected chi connectivity index (χ4v) is 10.1. The van der Waals surface area contributed by atoms with Crippen molar-refractivity contribution < 1.29 is 19.5 Å². The van der Waals surface area contributed by atoms with Gasteiger partial charge < -0.3 is 19.8 Å². The minimum absolute atomic E-state index is 0.0673. The number of rotatable bonds is 12. The summed E-state index contributed by atoms with van der Waals surface area (Å²) in [7, 11) is 0. The lowest BCUT2D eigenvalue weighted by molar-refractivity contribution is -0.143. The molecule has 7 nitrogen and oxygen atoms in total. The van der Waals surface area contributed by atoms with E-state index in [0.29, 0.717) is 30.1 Å². The van der Waals surface area contributed by atoms with E-state index in [-0.39, 0.29) is 42.0 Å². The summed E-state index contributed by atoms with van der Waals surface area (Å²) in [6, 6.07) is 13.5. The Hall–Kier alpha value is -3.07. The summed E-state index contributed by atoms with van der Waals surface area (Å²) in [6.45, 7) is 13.9. The van der Waals surface area contributed by atoms with Crippen LogP contribution >= 0.6 is 23.4 Å². The van der Waals surface area contributed by atoms with Crippen LogP contribution < -0.4 is 9.80 Å². The van der Waals surface area contributed by atoms with E-state index in [4.69, 9.17) is 11.6 Å². The molecule has 0 aromatic heterocycles. The van der Waals surface area contributed by atoms with Gasteiger partial charge in [-0.25, -0.2) is 0 Å². The molecular weight excluding hydrogens is 594 g/mol. The number of thioether (sulfide) groups is 1. The van der Waals surface area contributed by atoms with Crippen molar-refractivity contribution in [1.29, 1.82) is 0 Å². The Balaban J connectivity index is 1.64. The Bertz CT molecular complexity index is 1420. The van der Waals surface area contributed by atoms with E-state index in [1.54, 1.807) is 44.7 Å². The molecule has 2 aromatic carbocycles. The predicted molar refractivity (Wildman–Crippen MR) is 179 cm³/mol. The van der Waals surface area contributed by atoms with Gasteiger partial charge in [0.25, 0.3) is 5.91 Å². The Labute approximate surface area is 269 Å². The number of aryl methyl sites for hydroxylation is 1. The van der Waals surface area contributed by atoms with Gasteiger partial charge in [0.15, 0.2) is 0 Å². The van der Waals surface area contributed by atoms with Gasteiger partial charge in [-0.15, -0.1) is 24.9 Å². The third kappa shape index (κ3) is 5.19. The third-order valence-electron chi connectivity index (χ3n) is 9.78. The van der Waals surface area contributed by atoms with Crippen LogP contribution in [0.15, 0.2) is 73.8 Å². The number of fused-ring (bicyclic) bond motifs is 1. The number of aliphatic hydroxyl groups excluding tert-OH is 1. The molecule has 3 heterocycles. The van der Waals surface area contributed by atoms with Gasteiger partial charge in [0.05, 0.1) is 39.9 Å². The molecule has 2 aromatic rings. The number of benzene rings is 2. The zero-order valence-electron chi connectivity index (χ0n) is 25.7. The van der Waals surface area contributed by atoms with E-state index >= 15 is 4.79 Å². The predicted octanol–water partition coefficient (Wildman–Crippen LogP) is 5.88. The molecule has 3 aliphatic heterocycles. The first-order valence-electron chi connectivity index (χ1n) is 15.4. The average Bonchev–Trinajstić information content (AvgIpc) is 3.67. The minimum Gasteiger partial charge on any atom is -0.394 e. The number of carbonyl (C=O) groups is 3. The molecule has 7 atom stereocenters. The van der Waals surface area contributed by atoms with Gasteiger partial charge >= 0.3 is 0 Å². The summed E-state index contributed by atoms with van der Waals surface area (Å²) < 4.78 is -0.814. The van der Waals surface area contributed by atoms with Crippen LogP contribution in [0.4, 0.5) is 11.4 Å². The summed E-state index contributed by atoms with van der Waals surface area (Å²) in [5, 5.41) is 11.1. The summed E-state index contributed by atoms with van der Waals surface area (Å²) in [6.07, 6.45) is 5.42. The Morgan fingerprint density at radius 1 is 1.11 bits per heavy atom. The van der Waals surface area contributed by atoms with Crippen molar-refractivity contribution in [3.63, 3.8) is 0 Å². The second-order valence-electron chi connectivity index (χ2n) is 12.2. The quantitative estimate of drug-likeness (QED) is 0.295. The standard InChI is InChI=1S/C35H42ClN3O4S/c1-6-19-37(24-14-10-9-11-15-24)32(41)28-27-17-18-35(44-27)29(28)33(42)39(26(21-40)22(4)8-3)31(35)34(43)38(20-7-2)30-23(5)13-12-16-25(30)36/h6-7,9-16,22,26-29,31,40H,1-2,8,17-21H2,3-5H3/t22-,26-,27-,28+,29-,31?,35?/m0/s1. The highest BCUT2D eigenvalue weighted by Gasteiger charge is 2.75. The fourth-order valence-electron chi connectivity index (χ4n) is 7.60. The van der Waals surface area contributed by atoms with Crippen LogP contribution in [0.3, 0.4) is 0 Å². The van der Waals surface area contributed by atoms with Crippen molar-refractivity contribution in [3.05, 3.63) is 84.4 Å². The number of aliphatic hydroxyl groups is 1. The van der Waals surface area contributed by atoms with E-state index in [1.165, 1.54) is 0 Å². The molecule has 0 radical (unpaired) electrons.